The summed E-state index contributed by atoms with van der Waals surface area (Å²) < 4.78 is 5.10. The molecule has 1 saturated heterocycles. The maximum Gasteiger partial charge on any atom is 0.309 e. The lowest BCUT2D eigenvalue weighted by Crippen LogP contribution is -2.37. The van der Waals surface area contributed by atoms with Crippen molar-refractivity contribution in [1.82, 2.24) is 4.98 Å². The predicted molar refractivity (Wildman–Crippen MR) is 84.5 cm³/mol. The van der Waals surface area contributed by atoms with E-state index in [1.54, 1.807) is 0 Å². The van der Waals surface area contributed by atoms with Crippen LogP contribution in [0.4, 0.5) is 5.82 Å². The number of hydrogen-bond donors (Lipinski definition) is 0. The summed E-state index contributed by atoms with van der Waals surface area (Å²) in [4.78, 5) is 18.6. The molecule has 0 bridgehead atoms. The summed E-state index contributed by atoms with van der Waals surface area (Å²) in [6, 6.07) is 4.24. The lowest BCUT2D eigenvalue weighted by molar-refractivity contribution is -0.148. The summed E-state index contributed by atoms with van der Waals surface area (Å²) in [7, 11) is 0. The first-order chi connectivity index (χ1) is 9.91. The zero-order valence-electron chi connectivity index (χ0n) is 13.6. The van der Waals surface area contributed by atoms with Crippen molar-refractivity contribution >= 4 is 11.8 Å². The molecule has 1 aliphatic rings. The zero-order chi connectivity index (χ0) is 15.5. The van der Waals surface area contributed by atoms with Crippen LogP contribution in [0.2, 0.25) is 0 Å². The molecule has 116 valence electrons. The van der Waals surface area contributed by atoms with E-state index < -0.39 is 0 Å². The molecule has 1 aromatic heterocycles. The summed E-state index contributed by atoms with van der Waals surface area (Å²) in [5, 5.41) is 0. The van der Waals surface area contributed by atoms with Crippen molar-refractivity contribution in [3.63, 3.8) is 0 Å². The van der Waals surface area contributed by atoms with E-state index in [-0.39, 0.29) is 17.3 Å². The first-order valence-corrected chi connectivity index (χ1v) is 7.80. The molecule has 1 aromatic rings. The number of aromatic nitrogens is 1. The minimum absolute atomic E-state index is 0.0480. The van der Waals surface area contributed by atoms with Gasteiger partial charge >= 0.3 is 5.97 Å². The number of carbonyl (C=O) groups excluding carboxylic acids is 1. The van der Waals surface area contributed by atoms with Gasteiger partial charge in [-0.3, -0.25) is 4.79 Å². The molecule has 1 fully saturated rings. The highest BCUT2D eigenvalue weighted by Crippen LogP contribution is 2.26. The minimum Gasteiger partial charge on any atom is -0.466 e. The average molecular weight is 290 g/mol. The summed E-state index contributed by atoms with van der Waals surface area (Å²) in [6.07, 6.45) is 3.66. The molecule has 1 aliphatic heterocycles. The number of piperidine rings is 1. The van der Waals surface area contributed by atoms with E-state index in [4.69, 9.17) is 4.74 Å². The van der Waals surface area contributed by atoms with Crippen molar-refractivity contribution in [3.05, 3.63) is 23.9 Å². The third kappa shape index (κ3) is 3.96. The van der Waals surface area contributed by atoms with Crippen molar-refractivity contribution in [2.45, 2.75) is 46.0 Å². The van der Waals surface area contributed by atoms with Gasteiger partial charge in [0.2, 0.25) is 0 Å². The van der Waals surface area contributed by atoms with Gasteiger partial charge in [-0.1, -0.05) is 26.8 Å². The molecule has 4 heteroatoms. The number of esters is 1. The Labute approximate surface area is 127 Å². The predicted octanol–water partition coefficient (Wildman–Crippen LogP) is 3.16. The Morgan fingerprint density at radius 1 is 1.33 bits per heavy atom. The summed E-state index contributed by atoms with van der Waals surface area (Å²) >= 11 is 0. The van der Waals surface area contributed by atoms with Crippen LogP contribution in [0.25, 0.3) is 0 Å². The molecule has 0 saturated carbocycles. The standard InChI is InChI=1S/C17H26N2O2/c1-5-21-16(20)13-8-10-19(11-9-13)15-7-6-14(12-18-15)17(2,3)4/h6-7,12-13H,5,8-11H2,1-4H3. The van der Waals surface area contributed by atoms with Gasteiger partial charge in [-0.25, -0.2) is 4.98 Å². The van der Waals surface area contributed by atoms with E-state index >= 15 is 0 Å². The van der Waals surface area contributed by atoms with Crippen LogP contribution >= 0.6 is 0 Å². The molecule has 0 atom stereocenters. The van der Waals surface area contributed by atoms with E-state index in [2.05, 4.69) is 42.8 Å². The van der Waals surface area contributed by atoms with Crippen LogP contribution in [0.5, 0.6) is 0 Å². The van der Waals surface area contributed by atoms with Crippen molar-refractivity contribution in [3.8, 4) is 0 Å². The fourth-order valence-corrected chi connectivity index (χ4v) is 2.62. The Hall–Kier alpha value is -1.58. The molecule has 0 radical (unpaired) electrons. The highest BCUT2D eigenvalue weighted by atomic mass is 16.5. The monoisotopic (exact) mass is 290 g/mol. The smallest absolute Gasteiger partial charge is 0.309 e. The van der Waals surface area contributed by atoms with Gasteiger partial charge in [-0.05, 0) is 36.8 Å². The second kappa shape index (κ2) is 6.46. The molecule has 0 unspecified atom stereocenters. The van der Waals surface area contributed by atoms with E-state index in [0.717, 1.165) is 31.7 Å². The van der Waals surface area contributed by atoms with Crippen LogP contribution < -0.4 is 4.90 Å². The number of pyridine rings is 1. The van der Waals surface area contributed by atoms with Gasteiger partial charge in [0.05, 0.1) is 12.5 Å². The summed E-state index contributed by atoms with van der Waals surface area (Å²) in [5.41, 5.74) is 1.37. The topological polar surface area (TPSA) is 42.4 Å². The fourth-order valence-electron chi connectivity index (χ4n) is 2.62. The van der Waals surface area contributed by atoms with E-state index in [9.17, 15) is 4.79 Å². The Bertz CT molecular complexity index is 469. The Morgan fingerprint density at radius 3 is 2.48 bits per heavy atom. The van der Waals surface area contributed by atoms with Gasteiger partial charge in [-0.2, -0.15) is 0 Å². The molecular formula is C17H26N2O2. The number of ether oxygens (including phenoxy) is 1. The molecule has 4 nitrogen and oxygen atoms in total. The first kappa shape index (κ1) is 15.8. The van der Waals surface area contributed by atoms with Crippen LogP contribution in [0.1, 0.15) is 46.1 Å². The van der Waals surface area contributed by atoms with Gasteiger partial charge < -0.3 is 9.64 Å². The largest absolute Gasteiger partial charge is 0.466 e. The Kier molecular flexibility index (Phi) is 4.86. The van der Waals surface area contributed by atoms with Gasteiger partial charge in [-0.15, -0.1) is 0 Å². The van der Waals surface area contributed by atoms with E-state index in [1.165, 1.54) is 5.56 Å². The van der Waals surface area contributed by atoms with Gasteiger partial charge in [0.15, 0.2) is 0 Å². The molecular weight excluding hydrogens is 264 g/mol. The molecule has 0 aromatic carbocycles. The van der Waals surface area contributed by atoms with Crippen molar-refractivity contribution < 1.29 is 9.53 Å². The lowest BCUT2D eigenvalue weighted by atomic mass is 9.88. The number of carbonyl (C=O) groups is 1. The molecule has 2 rings (SSSR count). The molecule has 21 heavy (non-hydrogen) atoms. The van der Waals surface area contributed by atoms with Crippen LogP contribution in [0, 0.1) is 5.92 Å². The summed E-state index contributed by atoms with van der Waals surface area (Å²) in [6.45, 7) is 10.6. The molecule has 0 N–H and O–H groups in total. The number of rotatable bonds is 3. The van der Waals surface area contributed by atoms with Gasteiger partial charge in [0, 0.05) is 19.3 Å². The van der Waals surface area contributed by atoms with Crippen molar-refractivity contribution in [1.29, 1.82) is 0 Å². The highest BCUT2D eigenvalue weighted by Gasteiger charge is 2.26. The van der Waals surface area contributed by atoms with Crippen LogP contribution in [-0.4, -0.2) is 30.6 Å². The minimum atomic E-state index is -0.0480. The molecule has 0 spiro atoms. The third-order valence-corrected chi connectivity index (χ3v) is 4.05. The van der Waals surface area contributed by atoms with Gasteiger partial charge in [0.25, 0.3) is 0 Å². The quantitative estimate of drug-likeness (QED) is 0.802. The van der Waals surface area contributed by atoms with Crippen molar-refractivity contribution in [2.24, 2.45) is 5.92 Å². The average Bonchev–Trinajstić information content (AvgIpc) is 2.47. The van der Waals surface area contributed by atoms with Crippen LogP contribution in [0.3, 0.4) is 0 Å². The molecule has 0 amide bonds. The third-order valence-electron chi connectivity index (χ3n) is 4.05. The van der Waals surface area contributed by atoms with Crippen LogP contribution in [0.15, 0.2) is 18.3 Å². The normalized spacial score (nSPS) is 16.9. The lowest BCUT2D eigenvalue weighted by Gasteiger charge is -2.32. The number of nitrogens with zero attached hydrogens (tertiary/aromatic N) is 2. The van der Waals surface area contributed by atoms with E-state index in [1.807, 2.05) is 13.1 Å². The Balaban J connectivity index is 1.95. The molecule has 2 heterocycles. The Morgan fingerprint density at radius 2 is 2.00 bits per heavy atom. The van der Waals surface area contributed by atoms with Crippen molar-refractivity contribution in [2.75, 3.05) is 24.6 Å². The fraction of sp³-hybridized carbons (Fsp3) is 0.647. The second-order valence-electron chi connectivity index (χ2n) is 6.67. The first-order valence-electron chi connectivity index (χ1n) is 7.80. The molecule has 0 aliphatic carbocycles. The second-order valence-corrected chi connectivity index (χ2v) is 6.67. The number of anilines is 1. The maximum atomic E-state index is 11.7. The SMILES string of the molecule is CCOC(=O)C1CCN(c2ccc(C(C)(C)C)cn2)CC1. The van der Waals surface area contributed by atoms with Crippen LogP contribution in [-0.2, 0) is 14.9 Å². The van der Waals surface area contributed by atoms with Gasteiger partial charge in [0.1, 0.15) is 5.82 Å². The zero-order valence-corrected chi connectivity index (χ0v) is 13.6. The van der Waals surface area contributed by atoms with E-state index in [0.29, 0.717) is 6.61 Å². The highest BCUT2D eigenvalue weighted by molar-refractivity contribution is 5.72. The number of hydrogen-bond acceptors (Lipinski definition) is 4. The summed E-state index contributed by atoms with van der Waals surface area (Å²) in [5.74, 6) is 1.01. The maximum absolute atomic E-state index is 11.7.